The average Bonchev–Trinajstić information content (AvgIpc) is 3.16. The van der Waals surface area contributed by atoms with E-state index in [9.17, 15) is 4.79 Å². The summed E-state index contributed by atoms with van der Waals surface area (Å²) in [5.74, 6) is 1.95. The molecule has 0 unspecified atom stereocenters. The van der Waals surface area contributed by atoms with E-state index in [1.54, 1.807) is 6.92 Å². The van der Waals surface area contributed by atoms with Crippen LogP contribution in [-0.2, 0) is 16.8 Å². The van der Waals surface area contributed by atoms with Gasteiger partial charge in [0.1, 0.15) is 5.76 Å². The summed E-state index contributed by atoms with van der Waals surface area (Å²) in [4.78, 5) is 20.9. The van der Waals surface area contributed by atoms with Crippen LogP contribution >= 0.6 is 0 Å². The highest BCUT2D eigenvalue weighted by atomic mass is 16.4. The van der Waals surface area contributed by atoms with Gasteiger partial charge in [0.05, 0.1) is 12.7 Å². The number of nitrogens with zero attached hydrogens (tertiary/aromatic N) is 3. The van der Waals surface area contributed by atoms with Crippen molar-refractivity contribution in [2.24, 2.45) is 0 Å². The van der Waals surface area contributed by atoms with Gasteiger partial charge in [-0.3, -0.25) is 9.69 Å². The first-order chi connectivity index (χ1) is 10.9. The molecule has 2 aliphatic heterocycles. The largest absolute Gasteiger partial charge is 0.444 e. The molecule has 0 bridgehead atoms. The molecule has 0 N–H and O–H groups in total. The van der Waals surface area contributed by atoms with Crippen LogP contribution in [0.2, 0.25) is 0 Å². The molecule has 0 radical (unpaired) electrons. The molecule has 3 rings (SSSR count). The SMILES string of the molecule is CC(=O)N1CCC[C@@H]1[C@@H]1CCCN1Cc1ncc(C(C)(C)C)o1. The minimum atomic E-state index is -0.00740. The van der Waals surface area contributed by atoms with Gasteiger partial charge in [0.15, 0.2) is 0 Å². The van der Waals surface area contributed by atoms with Crippen LogP contribution < -0.4 is 0 Å². The Morgan fingerprint density at radius 1 is 1.26 bits per heavy atom. The zero-order chi connectivity index (χ0) is 16.6. The molecule has 0 aliphatic carbocycles. The number of amides is 1. The number of carbonyl (C=O) groups is 1. The molecule has 1 aromatic heterocycles. The molecule has 1 aromatic rings. The lowest BCUT2D eigenvalue weighted by atomic mass is 9.94. The Labute approximate surface area is 139 Å². The van der Waals surface area contributed by atoms with Gasteiger partial charge in [-0.2, -0.15) is 0 Å². The van der Waals surface area contributed by atoms with Crippen LogP contribution in [0.5, 0.6) is 0 Å². The van der Waals surface area contributed by atoms with Crippen molar-refractivity contribution in [3.05, 3.63) is 17.8 Å². The molecule has 1 amide bonds. The highest BCUT2D eigenvalue weighted by Crippen LogP contribution is 2.31. The topological polar surface area (TPSA) is 49.6 Å². The van der Waals surface area contributed by atoms with Gasteiger partial charge < -0.3 is 9.32 Å². The smallest absolute Gasteiger partial charge is 0.219 e. The lowest BCUT2D eigenvalue weighted by Crippen LogP contribution is -2.47. The number of oxazole rings is 1. The summed E-state index contributed by atoms with van der Waals surface area (Å²) in [6, 6.07) is 0.818. The molecular weight excluding hydrogens is 290 g/mol. The zero-order valence-electron chi connectivity index (χ0n) is 14.8. The van der Waals surface area contributed by atoms with Crippen molar-refractivity contribution in [1.29, 1.82) is 0 Å². The van der Waals surface area contributed by atoms with Gasteiger partial charge in [-0.1, -0.05) is 20.8 Å². The fourth-order valence-electron chi connectivity index (χ4n) is 3.97. The van der Waals surface area contributed by atoms with Crippen molar-refractivity contribution in [3.63, 3.8) is 0 Å². The van der Waals surface area contributed by atoms with Crippen molar-refractivity contribution >= 4 is 5.91 Å². The first-order valence-corrected chi connectivity index (χ1v) is 8.82. The summed E-state index contributed by atoms with van der Waals surface area (Å²) in [6.07, 6.45) is 6.47. The standard InChI is InChI=1S/C18H29N3O2/c1-13(22)21-10-6-8-15(21)14-7-5-9-20(14)12-17-19-11-16(23-17)18(2,3)4/h11,14-15H,5-10,12H2,1-4H3/t14-,15+/m0/s1. The normalized spacial score (nSPS) is 26.2. The van der Waals surface area contributed by atoms with Crippen LogP contribution in [0.3, 0.4) is 0 Å². The third-order valence-corrected chi connectivity index (χ3v) is 5.19. The van der Waals surface area contributed by atoms with Gasteiger partial charge in [-0.25, -0.2) is 4.98 Å². The summed E-state index contributed by atoms with van der Waals surface area (Å²) in [6.45, 7) is 10.8. The van der Waals surface area contributed by atoms with E-state index in [0.717, 1.165) is 44.1 Å². The predicted molar refractivity (Wildman–Crippen MR) is 89.0 cm³/mol. The second-order valence-corrected chi connectivity index (χ2v) is 7.97. The summed E-state index contributed by atoms with van der Waals surface area (Å²) >= 11 is 0. The number of hydrogen-bond donors (Lipinski definition) is 0. The molecule has 0 saturated carbocycles. The monoisotopic (exact) mass is 319 g/mol. The molecule has 2 fully saturated rings. The maximum atomic E-state index is 11.9. The van der Waals surface area contributed by atoms with Crippen LogP contribution in [0.25, 0.3) is 0 Å². The van der Waals surface area contributed by atoms with E-state index in [-0.39, 0.29) is 11.3 Å². The van der Waals surface area contributed by atoms with E-state index in [1.165, 1.54) is 12.8 Å². The van der Waals surface area contributed by atoms with E-state index in [1.807, 2.05) is 6.20 Å². The molecule has 0 aromatic carbocycles. The van der Waals surface area contributed by atoms with Gasteiger partial charge in [0.25, 0.3) is 0 Å². The van der Waals surface area contributed by atoms with Gasteiger partial charge in [-0.15, -0.1) is 0 Å². The molecule has 5 heteroatoms. The summed E-state index contributed by atoms with van der Waals surface area (Å²) < 4.78 is 5.96. The Balaban J connectivity index is 1.70. The van der Waals surface area contributed by atoms with Gasteiger partial charge in [-0.05, 0) is 32.2 Å². The number of hydrogen-bond acceptors (Lipinski definition) is 4. The second kappa shape index (κ2) is 6.27. The Kier molecular flexibility index (Phi) is 4.50. The van der Waals surface area contributed by atoms with Crippen molar-refractivity contribution in [2.75, 3.05) is 13.1 Å². The Bertz CT molecular complexity index is 561. The highest BCUT2D eigenvalue weighted by molar-refractivity contribution is 5.74. The lowest BCUT2D eigenvalue weighted by molar-refractivity contribution is -0.130. The van der Waals surface area contributed by atoms with Crippen molar-refractivity contribution in [2.45, 2.75) is 77.4 Å². The lowest BCUT2D eigenvalue weighted by Gasteiger charge is -2.34. The van der Waals surface area contributed by atoms with E-state index >= 15 is 0 Å². The third-order valence-electron chi connectivity index (χ3n) is 5.19. The summed E-state index contributed by atoms with van der Waals surface area (Å²) in [5, 5.41) is 0. The van der Waals surface area contributed by atoms with Gasteiger partial charge in [0.2, 0.25) is 11.8 Å². The molecular formula is C18H29N3O2. The molecule has 2 saturated heterocycles. The molecule has 23 heavy (non-hydrogen) atoms. The summed E-state index contributed by atoms with van der Waals surface area (Å²) in [5.41, 5.74) is -0.00740. The van der Waals surface area contributed by atoms with Crippen LogP contribution in [0.15, 0.2) is 10.6 Å². The van der Waals surface area contributed by atoms with Crippen LogP contribution in [-0.4, -0.2) is 45.9 Å². The van der Waals surface area contributed by atoms with E-state index < -0.39 is 0 Å². The van der Waals surface area contributed by atoms with Crippen LogP contribution in [0.4, 0.5) is 0 Å². The number of aromatic nitrogens is 1. The molecule has 5 nitrogen and oxygen atoms in total. The Morgan fingerprint density at radius 2 is 1.96 bits per heavy atom. The minimum absolute atomic E-state index is 0.00740. The predicted octanol–water partition coefficient (Wildman–Crippen LogP) is 2.95. The zero-order valence-corrected chi connectivity index (χ0v) is 14.8. The minimum Gasteiger partial charge on any atom is -0.444 e. The maximum Gasteiger partial charge on any atom is 0.219 e. The van der Waals surface area contributed by atoms with Gasteiger partial charge in [0, 0.05) is 31.0 Å². The van der Waals surface area contributed by atoms with Crippen molar-refractivity contribution < 1.29 is 9.21 Å². The number of likely N-dealkylation sites (tertiary alicyclic amines) is 2. The average molecular weight is 319 g/mol. The van der Waals surface area contributed by atoms with Crippen LogP contribution in [0.1, 0.15) is 65.0 Å². The molecule has 0 spiro atoms. The van der Waals surface area contributed by atoms with E-state index in [4.69, 9.17) is 4.42 Å². The van der Waals surface area contributed by atoms with E-state index in [2.05, 4.69) is 35.6 Å². The molecule has 3 heterocycles. The quantitative estimate of drug-likeness (QED) is 0.859. The van der Waals surface area contributed by atoms with Crippen molar-refractivity contribution in [3.8, 4) is 0 Å². The van der Waals surface area contributed by atoms with Crippen molar-refractivity contribution in [1.82, 2.24) is 14.8 Å². The Hall–Kier alpha value is -1.36. The molecule has 128 valence electrons. The number of rotatable bonds is 3. The molecule has 2 aliphatic rings. The summed E-state index contributed by atoms with van der Waals surface area (Å²) in [7, 11) is 0. The molecule has 2 atom stereocenters. The third kappa shape index (κ3) is 3.44. The second-order valence-electron chi connectivity index (χ2n) is 7.97. The fraction of sp³-hybridized carbons (Fsp3) is 0.778. The van der Waals surface area contributed by atoms with E-state index in [0.29, 0.717) is 12.1 Å². The van der Waals surface area contributed by atoms with Crippen LogP contribution in [0, 0.1) is 0 Å². The number of carbonyl (C=O) groups excluding carboxylic acids is 1. The Morgan fingerprint density at radius 3 is 2.61 bits per heavy atom. The van der Waals surface area contributed by atoms with Gasteiger partial charge >= 0.3 is 0 Å². The first-order valence-electron chi connectivity index (χ1n) is 8.82. The maximum absolute atomic E-state index is 11.9. The first kappa shape index (κ1) is 16.5. The highest BCUT2D eigenvalue weighted by Gasteiger charge is 2.39. The fourth-order valence-corrected chi connectivity index (χ4v) is 3.97.